The zero-order valence-electron chi connectivity index (χ0n) is 7.68. The van der Waals surface area contributed by atoms with Gasteiger partial charge in [0.1, 0.15) is 5.01 Å². The van der Waals surface area contributed by atoms with Crippen molar-refractivity contribution >= 4 is 11.3 Å². The van der Waals surface area contributed by atoms with E-state index in [4.69, 9.17) is 10.5 Å². The van der Waals surface area contributed by atoms with Crippen molar-refractivity contribution in [2.75, 3.05) is 0 Å². The summed E-state index contributed by atoms with van der Waals surface area (Å²) in [6, 6.07) is 6.12. The van der Waals surface area contributed by atoms with Crippen LogP contribution in [0.25, 0.3) is 0 Å². The second-order valence-corrected chi connectivity index (χ2v) is 3.72. The lowest BCUT2D eigenvalue weighted by Crippen LogP contribution is -1.94. The van der Waals surface area contributed by atoms with E-state index >= 15 is 0 Å². The van der Waals surface area contributed by atoms with E-state index in [2.05, 4.69) is 10.2 Å². The topological polar surface area (TPSA) is 61.0 Å². The molecule has 78 valence electrons. The van der Waals surface area contributed by atoms with Crippen LogP contribution in [-0.2, 0) is 6.54 Å². The molecule has 0 radical (unpaired) electrons. The van der Waals surface area contributed by atoms with Gasteiger partial charge in [-0.15, -0.1) is 5.10 Å². The van der Waals surface area contributed by atoms with Crippen molar-refractivity contribution in [3.8, 4) is 10.9 Å². The predicted molar refractivity (Wildman–Crippen MR) is 54.3 cm³/mol. The van der Waals surface area contributed by atoms with Gasteiger partial charge in [-0.25, -0.2) is 4.39 Å². The van der Waals surface area contributed by atoms with Gasteiger partial charge in [0.05, 0.1) is 0 Å². The maximum absolute atomic E-state index is 13.2. The van der Waals surface area contributed by atoms with Gasteiger partial charge in [0, 0.05) is 6.54 Å². The first-order valence-electron chi connectivity index (χ1n) is 4.24. The monoisotopic (exact) mass is 225 g/mol. The molecule has 2 aromatic rings. The minimum atomic E-state index is -0.429. The first kappa shape index (κ1) is 10.0. The van der Waals surface area contributed by atoms with E-state index in [1.807, 2.05) is 0 Å². The molecule has 1 heterocycles. The number of aromatic nitrogens is 2. The fourth-order valence-corrected chi connectivity index (χ4v) is 1.56. The zero-order valence-corrected chi connectivity index (χ0v) is 8.50. The standard InChI is InChI=1S/C9H8FN3OS/c10-6-3-1-2-4-7(6)14-9-13-12-8(5-11)15-9/h1-4H,5,11H2. The molecule has 4 nitrogen and oxygen atoms in total. The second kappa shape index (κ2) is 4.33. The van der Waals surface area contributed by atoms with E-state index in [9.17, 15) is 4.39 Å². The number of benzene rings is 1. The predicted octanol–water partition coefficient (Wildman–Crippen LogP) is 1.93. The molecule has 0 spiro atoms. The first-order chi connectivity index (χ1) is 7.29. The summed E-state index contributed by atoms with van der Waals surface area (Å²) >= 11 is 1.20. The zero-order chi connectivity index (χ0) is 10.7. The van der Waals surface area contributed by atoms with Gasteiger partial charge in [0.2, 0.25) is 0 Å². The minimum Gasteiger partial charge on any atom is -0.427 e. The molecule has 0 saturated carbocycles. The van der Waals surface area contributed by atoms with Crippen LogP contribution in [-0.4, -0.2) is 10.2 Å². The van der Waals surface area contributed by atoms with Gasteiger partial charge >= 0.3 is 0 Å². The quantitative estimate of drug-likeness (QED) is 0.867. The summed E-state index contributed by atoms with van der Waals surface area (Å²) in [5.74, 6) is -0.292. The minimum absolute atomic E-state index is 0.136. The fourth-order valence-electron chi connectivity index (χ4n) is 0.984. The Labute approximate surface area is 89.5 Å². The van der Waals surface area contributed by atoms with Crippen molar-refractivity contribution in [1.82, 2.24) is 10.2 Å². The molecule has 0 amide bonds. The Bertz CT molecular complexity index is 460. The highest BCUT2D eigenvalue weighted by Gasteiger charge is 2.07. The Hall–Kier alpha value is -1.53. The third kappa shape index (κ3) is 2.28. The number of halogens is 1. The Balaban J connectivity index is 2.18. The number of nitrogens with zero attached hydrogens (tertiary/aromatic N) is 2. The Morgan fingerprint density at radius 2 is 2.13 bits per heavy atom. The van der Waals surface area contributed by atoms with Gasteiger partial charge in [-0.05, 0) is 12.1 Å². The molecule has 1 aromatic heterocycles. The Morgan fingerprint density at radius 3 is 2.80 bits per heavy atom. The van der Waals surface area contributed by atoms with E-state index in [1.165, 1.54) is 23.5 Å². The number of para-hydroxylation sites is 1. The molecule has 1 aromatic carbocycles. The van der Waals surface area contributed by atoms with Crippen LogP contribution in [0.3, 0.4) is 0 Å². The summed E-state index contributed by atoms with van der Waals surface area (Å²) in [4.78, 5) is 0. The molecular formula is C9H8FN3OS. The fraction of sp³-hybridized carbons (Fsp3) is 0.111. The summed E-state index contributed by atoms with van der Waals surface area (Å²) < 4.78 is 18.4. The van der Waals surface area contributed by atoms with Crippen LogP contribution in [0, 0.1) is 5.82 Å². The molecular weight excluding hydrogens is 217 g/mol. The molecule has 0 atom stereocenters. The summed E-state index contributed by atoms with van der Waals surface area (Å²) in [5.41, 5.74) is 5.36. The van der Waals surface area contributed by atoms with E-state index in [1.54, 1.807) is 12.1 Å². The van der Waals surface area contributed by atoms with Crippen molar-refractivity contribution in [3.63, 3.8) is 0 Å². The van der Waals surface area contributed by atoms with Crippen LogP contribution in [0.4, 0.5) is 4.39 Å². The molecule has 0 aliphatic rings. The van der Waals surface area contributed by atoms with Crippen molar-refractivity contribution < 1.29 is 9.13 Å². The lowest BCUT2D eigenvalue weighted by molar-refractivity contribution is 0.435. The average molecular weight is 225 g/mol. The molecule has 0 aliphatic heterocycles. The number of ether oxygens (including phenoxy) is 1. The van der Waals surface area contributed by atoms with Gasteiger partial charge in [-0.3, -0.25) is 0 Å². The molecule has 0 aliphatic carbocycles. The summed E-state index contributed by atoms with van der Waals surface area (Å²) in [6.45, 7) is 0.304. The van der Waals surface area contributed by atoms with Gasteiger partial charge in [-0.1, -0.05) is 28.6 Å². The maximum Gasteiger partial charge on any atom is 0.299 e. The van der Waals surface area contributed by atoms with E-state index < -0.39 is 5.82 Å². The molecule has 2 N–H and O–H groups in total. The highest BCUT2D eigenvalue weighted by molar-refractivity contribution is 7.13. The van der Waals surface area contributed by atoms with Crippen molar-refractivity contribution in [2.45, 2.75) is 6.54 Å². The van der Waals surface area contributed by atoms with Gasteiger partial charge in [0.15, 0.2) is 11.6 Å². The highest BCUT2D eigenvalue weighted by Crippen LogP contribution is 2.26. The number of hydrogen-bond acceptors (Lipinski definition) is 5. The van der Waals surface area contributed by atoms with Crippen molar-refractivity contribution in [1.29, 1.82) is 0 Å². The number of hydrogen-bond donors (Lipinski definition) is 1. The second-order valence-electron chi connectivity index (χ2n) is 2.70. The molecule has 0 bridgehead atoms. The Morgan fingerprint density at radius 1 is 1.33 bits per heavy atom. The van der Waals surface area contributed by atoms with Crippen LogP contribution >= 0.6 is 11.3 Å². The van der Waals surface area contributed by atoms with Crippen molar-refractivity contribution in [2.24, 2.45) is 5.73 Å². The normalized spacial score (nSPS) is 10.3. The average Bonchev–Trinajstić information content (AvgIpc) is 2.69. The number of rotatable bonds is 3. The third-order valence-electron chi connectivity index (χ3n) is 1.66. The highest BCUT2D eigenvalue weighted by atomic mass is 32.1. The lowest BCUT2D eigenvalue weighted by atomic mass is 10.3. The third-order valence-corrected chi connectivity index (χ3v) is 2.48. The summed E-state index contributed by atoms with van der Waals surface area (Å²) in [5, 5.41) is 8.43. The van der Waals surface area contributed by atoms with Crippen LogP contribution in [0.15, 0.2) is 24.3 Å². The molecule has 6 heteroatoms. The van der Waals surface area contributed by atoms with E-state index in [0.29, 0.717) is 16.7 Å². The molecule has 0 saturated heterocycles. The molecule has 2 rings (SSSR count). The van der Waals surface area contributed by atoms with Crippen LogP contribution < -0.4 is 10.5 Å². The largest absolute Gasteiger partial charge is 0.427 e. The van der Waals surface area contributed by atoms with E-state index in [-0.39, 0.29) is 5.75 Å². The van der Waals surface area contributed by atoms with E-state index in [0.717, 1.165) is 0 Å². The number of nitrogens with two attached hydrogens (primary N) is 1. The Kier molecular flexibility index (Phi) is 2.89. The lowest BCUT2D eigenvalue weighted by Gasteiger charge is -2.00. The van der Waals surface area contributed by atoms with Crippen LogP contribution in [0.2, 0.25) is 0 Å². The summed E-state index contributed by atoms with van der Waals surface area (Å²) in [6.07, 6.45) is 0. The SMILES string of the molecule is NCc1nnc(Oc2ccccc2F)s1. The van der Waals surface area contributed by atoms with Crippen molar-refractivity contribution in [3.05, 3.63) is 35.1 Å². The van der Waals surface area contributed by atoms with Gasteiger partial charge < -0.3 is 10.5 Å². The van der Waals surface area contributed by atoms with Crippen LogP contribution in [0.1, 0.15) is 5.01 Å². The molecule has 15 heavy (non-hydrogen) atoms. The smallest absolute Gasteiger partial charge is 0.299 e. The summed E-state index contributed by atoms with van der Waals surface area (Å²) in [7, 11) is 0. The van der Waals surface area contributed by atoms with Crippen LogP contribution in [0.5, 0.6) is 10.9 Å². The maximum atomic E-state index is 13.2. The first-order valence-corrected chi connectivity index (χ1v) is 5.06. The van der Waals surface area contributed by atoms with Gasteiger partial charge in [-0.2, -0.15) is 0 Å². The molecule has 0 fully saturated rings. The molecule has 0 unspecified atom stereocenters. The van der Waals surface area contributed by atoms with Gasteiger partial charge in [0.25, 0.3) is 5.19 Å².